The number of aryl methyl sites for hydroxylation is 1. The molecule has 1 aromatic carbocycles. The first kappa shape index (κ1) is 9.77. The molecule has 0 atom stereocenters. The van der Waals surface area contributed by atoms with Crippen molar-refractivity contribution in [2.45, 2.75) is 0 Å². The summed E-state index contributed by atoms with van der Waals surface area (Å²) in [5, 5.41) is 0. The molecule has 0 saturated carbocycles. The Morgan fingerprint density at radius 3 is 3.06 bits per heavy atom. The van der Waals surface area contributed by atoms with Crippen molar-refractivity contribution in [3.8, 4) is 11.3 Å². The van der Waals surface area contributed by atoms with Gasteiger partial charge in [0.25, 0.3) is 0 Å². The van der Waals surface area contributed by atoms with Crippen LogP contribution in [0.2, 0.25) is 0 Å². The lowest BCUT2D eigenvalue weighted by Gasteiger charge is -1.99. The average molecular weight is 226 g/mol. The molecule has 84 valence electrons. The first-order chi connectivity index (χ1) is 8.29. The van der Waals surface area contributed by atoms with E-state index in [1.54, 1.807) is 6.33 Å². The molecule has 0 unspecified atom stereocenters. The zero-order valence-corrected chi connectivity index (χ0v) is 9.21. The van der Waals surface area contributed by atoms with Gasteiger partial charge in [-0.1, -0.05) is 6.07 Å². The Balaban J connectivity index is 2.21. The van der Waals surface area contributed by atoms with Crippen LogP contribution in [0.3, 0.4) is 0 Å². The molecule has 0 aliphatic rings. The molecule has 0 aliphatic heterocycles. The number of aromatic amines is 1. The van der Waals surface area contributed by atoms with E-state index >= 15 is 0 Å². The Morgan fingerprint density at radius 2 is 2.24 bits per heavy atom. The Morgan fingerprint density at radius 1 is 1.35 bits per heavy atom. The summed E-state index contributed by atoms with van der Waals surface area (Å²) in [7, 11) is 1.94. The van der Waals surface area contributed by atoms with E-state index in [4.69, 9.17) is 0 Å². The highest BCUT2D eigenvalue weighted by molar-refractivity contribution is 5.87. The SMILES string of the molecule is Cn1cnc2cc(-c3nc[nH]c3C=O)ccc21. The Hall–Kier alpha value is -2.43. The fraction of sp³-hybridized carbons (Fsp3) is 0.0833. The lowest BCUT2D eigenvalue weighted by atomic mass is 10.1. The van der Waals surface area contributed by atoms with E-state index in [1.807, 2.05) is 29.8 Å². The molecular formula is C12H10N4O. The van der Waals surface area contributed by atoms with Gasteiger partial charge in [-0.3, -0.25) is 4.79 Å². The van der Waals surface area contributed by atoms with Gasteiger partial charge in [-0.25, -0.2) is 9.97 Å². The zero-order chi connectivity index (χ0) is 11.8. The second-order valence-corrected chi connectivity index (χ2v) is 3.84. The van der Waals surface area contributed by atoms with Gasteiger partial charge in [0.2, 0.25) is 0 Å². The molecule has 0 fully saturated rings. The summed E-state index contributed by atoms with van der Waals surface area (Å²) in [6.07, 6.45) is 4.05. The van der Waals surface area contributed by atoms with E-state index in [-0.39, 0.29) is 0 Å². The number of aldehydes is 1. The van der Waals surface area contributed by atoms with E-state index in [2.05, 4.69) is 15.0 Å². The van der Waals surface area contributed by atoms with Crippen molar-refractivity contribution in [2.24, 2.45) is 7.05 Å². The van der Waals surface area contributed by atoms with E-state index in [0.29, 0.717) is 11.4 Å². The van der Waals surface area contributed by atoms with Crippen molar-refractivity contribution in [3.63, 3.8) is 0 Å². The lowest BCUT2D eigenvalue weighted by molar-refractivity contribution is 0.112. The van der Waals surface area contributed by atoms with Gasteiger partial charge in [0.05, 0.1) is 29.4 Å². The number of rotatable bonds is 2. The lowest BCUT2D eigenvalue weighted by Crippen LogP contribution is -1.87. The molecule has 0 bridgehead atoms. The van der Waals surface area contributed by atoms with Gasteiger partial charge >= 0.3 is 0 Å². The maximum absolute atomic E-state index is 10.8. The zero-order valence-electron chi connectivity index (χ0n) is 9.21. The third kappa shape index (κ3) is 1.44. The fourth-order valence-corrected chi connectivity index (χ4v) is 1.91. The second-order valence-electron chi connectivity index (χ2n) is 3.84. The largest absolute Gasteiger partial charge is 0.342 e. The van der Waals surface area contributed by atoms with Crippen LogP contribution in [-0.4, -0.2) is 25.8 Å². The number of fused-ring (bicyclic) bond motifs is 1. The summed E-state index contributed by atoms with van der Waals surface area (Å²) in [4.78, 5) is 22.1. The summed E-state index contributed by atoms with van der Waals surface area (Å²) < 4.78 is 1.95. The smallest absolute Gasteiger partial charge is 0.168 e. The molecule has 0 aliphatic carbocycles. The van der Waals surface area contributed by atoms with Crippen LogP contribution < -0.4 is 0 Å². The molecule has 17 heavy (non-hydrogen) atoms. The molecule has 3 rings (SSSR count). The molecule has 2 heterocycles. The third-order valence-corrected chi connectivity index (χ3v) is 2.79. The Labute approximate surface area is 97.1 Å². The number of hydrogen-bond donors (Lipinski definition) is 1. The van der Waals surface area contributed by atoms with Gasteiger partial charge < -0.3 is 9.55 Å². The standard InChI is InChI=1S/C12H10N4O/c1-16-7-15-9-4-8(2-3-11(9)16)12-10(5-17)13-6-14-12/h2-7H,1H3,(H,13,14). The average Bonchev–Trinajstić information content (AvgIpc) is 2.96. The van der Waals surface area contributed by atoms with Gasteiger partial charge in [-0.2, -0.15) is 0 Å². The van der Waals surface area contributed by atoms with Gasteiger partial charge in [-0.05, 0) is 12.1 Å². The number of benzene rings is 1. The summed E-state index contributed by atoms with van der Waals surface area (Å²) in [6, 6.07) is 5.84. The Bertz CT molecular complexity index is 695. The molecule has 1 N–H and O–H groups in total. The van der Waals surface area contributed by atoms with Crippen molar-refractivity contribution in [3.05, 3.63) is 36.5 Å². The van der Waals surface area contributed by atoms with Gasteiger partial charge in [0.1, 0.15) is 5.69 Å². The molecule has 2 aromatic heterocycles. The molecule has 3 aromatic rings. The molecule has 0 amide bonds. The number of hydrogen-bond acceptors (Lipinski definition) is 3. The van der Waals surface area contributed by atoms with Crippen molar-refractivity contribution in [1.29, 1.82) is 0 Å². The molecule has 0 spiro atoms. The number of carbonyl (C=O) groups is 1. The van der Waals surface area contributed by atoms with Crippen LogP contribution in [0.25, 0.3) is 22.3 Å². The van der Waals surface area contributed by atoms with Crippen LogP contribution in [0.1, 0.15) is 10.5 Å². The highest BCUT2D eigenvalue weighted by Crippen LogP contribution is 2.23. The molecular weight excluding hydrogens is 216 g/mol. The predicted octanol–water partition coefficient (Wildman–Crippen LogP) is 1.78. The monoisotopic (exact) mass is 226 g/mol. The summed E-state index contributed by atoms with van der Waals surface area (Å²) in [6.45, 7) is 0. The van der Waals surface area contributed by atoms with E-state index < -0.39 is 0 Å². The van der Waals surface area contributed by atoms with E-state index in [9.17, 15) is 4.79 Å². The minimum absolute atomic E-state index is 0.486. The number of nitrogens with one attached hydrogen (secondary N) is 1. The molecule has 5 heteroatoms. The summed E-state index contributed by atoms with van der Waals surface area (Å²) >= 11 is 0. The summed E-state index contributed by atoms with van der Waals surface area (Å²) in [5.41, 5.74) is 3.98. The number of carbonyl (C=O) groups excluding carboxylic acids is 1. The number of nitrogens with zero attached hydrogens (tertiary/aromatic N) is 3. The second kappa shape index (κ2) is 3.55. The van der Waals surface area contributed by atoms with Crippen LogP contribution in [0.15, 0.2) is 30.9 Å². The molecule has 5 nitrogen and oxygen atoms in total. The quantitative estimate of drug-likeness (QED) is 0.677. The van der Waals surface area contributed by atoms with Crippen molar-refractivity contribution in [1.82, 2.24) is 19.5 Å². The van der Waals surface area contributed by atoms with Gasteiger partial charge in [-0.15, -0.1) is 0 Å². The highest BCUT2D eigenvalue weighted by Gasteiger charge is 2.09. The summed E-state index contributed by atoms with van der Waals surface area (Å²) in [5.74, 6) is 0. The highest BCUT2D eigenvalue weighted by atomic mass is 16.1. The fourth-order valence-electron chi connectivity index (χ4n) is 1.91. The van der Waals surface area contributed by atoms with Crippen LogP contribution in [0.5, 0.6) is 0 Å². The maximum Gasteiger partial charge on any atom is 0.168 e. The van der Waals surface area contributed by atoms with Gasteiger partial charge in [0, 0.05) is 12.6 Å². The van der Waals surface area contributed by atoms with E-state index in [0.717, 1.165) is 22.9 Å². The normalized spacial score (nSPS) is 10.9. The predicted molar refractivity (Wildman–Crippen MR) is 63.7 cm³/mol. The van der Waals surface area contributed by atoms with Crippen LogP contribution in [0, 0.1) is 0 Å². The van der Waals surface area contributed by atoms with Crippen molar-refractivity contribution in [2.75, 3.05) is 0 Å². The first-order valence-electron chi connectivity index (χ1n) is 5.19. The van der Waals surface area contributed by atoms with Crippen LogP contribution in [0.4, 0.5) is 0 Å². The van der Waals surface area contributed by atoms with E-state index in [1.165, 1.54) is 6.33 Å². The maximum atomic E-state index is 10.8. The van der Waals surface area contributed by atoms with Gasteiger partial charge in [0.15, 0.2) is 6.29 Å². The van der Waals surface area contributed by atoms with Crippen LogP contribution >= 0.6 is 0 Å². The van der Waals surface area contributed by atoms with Crippen molar-refractivity contribution >= 4 is 17.3 Å². The molecule has 0 radical (unpaired) electrons. The molecule has 0 saturated heterocycles. The van der Waals surface area contributed by atoms with Crippen LogP contribution in [-0.2, 0) is 7.05 Å². The first-order valence-corrected chi connectivity index (χ1v) is 5.19. The minimum atomic E-state index is 0.486. The Kier molecular flexibility index (Phi) is 2.04. The third-order valence-electron chi connectivity index (χ3n) is 2.79. The number of H-pyrrole nitrogens is 1. The topological polar surface area (TPSA) is 63.6 Å². The number of imidazole rings is 2. The minimum Gasteiger partial charge on any atom is -0.342 e. The number of aromatic nitrogens is 4. The van der Waals surface area contributed by atoms with Crippen molar-refractivity contribution < 1.29 is 4.79 Å².